The molecule has 0 spiro atoms. The van der Waals surface area contributed by atoms with E-state index >= 15 is 0 Å². The zero-order valence-electron chi connectivity index (χ0n) is 13.9. The minimum Gasteiger partial charge on any atom is -0.469 e. The summed E-state index contributed by atoms with van der Waals surface area (Å²) in [6.45, 7) is 0.716. The second-order valence-electron chi connectivity index (χ2n) is 5.43. The molecule has 0 aliphatic heterocycles. The molecule has 0 heterocycles. The highest BCUT2D eigenvalue weighted by Gasteiger charge is 2.08. The molecule has 0 aliphatic rings. The van der Waals surface area contributed by atoms with E-state index in [2.05, 4.69) is 26.8 Å². The molecule has 134 valence electrons. The third-order valence-corrected chi connectivity index (χ3v) is 4.66. The summed E-state index contributed by atoms with van der Waals surface area (Å²) in [6.07, 6.45) is 2.69. The maximum absolute atomic E-state index is 12.1. The number of fused-ring (bicyclic) bond motifs is 1. The number of benzene rings is 2. The Morgan fingerprint density at radius 2 is 1.80 bits per heavy atom. The summed E-state index contributed by atoms with van der Waals surface area (Å²) >= 11 is 2.18. The molecule has 0 radical (unpaired) electrons. The van der Waals surface area contributed by atoms with Crippen molar-refractivity contribution in [3.63, 3.8) is 0 Å². The van der Waals surface area contributed by atoms with Crippen molar-refractivity contribution in [2.75, 3.05) is 13.7 Å². The quantitative estimate of drug-likeness (QED) is 0.220. The lowest BCUT2D eigenvalue weighted by molar-refractivity contribution is -0.140. The lowest BCUT2D eigenvalue weighted by Gasteiger charge is -2.07. The Morgan fingerprint density at radius 1 is 1.04 bits per heavy atom. The minimum absolute atomic E-state index is 0.208. The normalized spacial score (nSPS) is 11.0. The summed E-state index contributed by atoms with van der Waals surface area (Å²) in [5.74, 6) is 0.284. The van der Waals surface area contributed by atoms with E-state index in [1.54, 1.807) is 6.07 Å². The predicted octanol–water partition coefficient (Wildman–Crippen LogP) is 5.05. The van der Waals surface area contributed by atoms with Gasteiger partial charge in [0.15, 0.2) is 0 Å². The predicted molar refractivity (Wildman–Crippen MR) is 108 cm³/mol. The first-order valence-electron chi connectivity index (χ1n) is 7.94. The van der Waals surface area contributed by atoms with Gasteiger partial charge in [-0.05, 0) is 76.3 Å². The van der Waals surface area contributed by atoms with E-state index in [-0.39, 0.29) is 11.9 Å². The fraction of sp³-hybridized carbons (Fsp3) is 0.333. The summed E-state index contributed by atoms with van der Waals surface area (Å²) in [6, 6.07) is 11.3. The topological polar surface area (TPSA) is 61.8 Å². The van der Waals surface area contributed by atoms with Gasteiger partial charge in [-0.1, -0.05) is 12.1 Å². The van der Waals surface area contributed by atoms with Crippen LogP contribution in [-0.4, -0.2) is 25.7 Å². The van der Waals surface area contributed by atoms with Crippen LogP contribution in [0.15, 0.2) is 36.4 Å². The maximum atomic E-state index is 12.1. The monoisotopic (exact) mass is 474 g/mol. The molecule has 0 fully saturated rings. The van der Waals surface area contributed by atoms with Crippen LogP contribution in [0, 0.1) is 0 Å². The van der Waals surface area contributed by atoms with Gasteiger partial charge in [0.1, 0.15) is 12.2 Å². The van der Waals surface area contributed by atoms with Crippen molar-refractivity contribution < 1.29 is 23.6 Å². The molecule has 2 rings (SSSR count). The number of ether oxygens (including phenoxy) is 2. The number of esters is 2. The molecule has 0 saturated heterocycles. The standard InChI is InChI=1S/C18H20IO5P/c1-22-17(20)5-3-2-4-10-23-18(21)15-7-6-14-12-16(24-25-19)9-8-13(14)11-15/h6-9,11-12,25H,2-5,10H2,1H3. The Hall–Kier alpha value is -1.40. The number of hydrogen-bond donors (Lipinski definition) is 0. The van der Waals surface area contributed by atoms with Crippen molar-refractivity contribution >= 4 is 51.2 Å². The van der Waals surface area contributed by atoms with E-state index in [1.165, 1.54) is 7.11 Å². The number of unbranched alkanes of at least 4 members (excludes halogenated alkanes) is 2. The molecule has 0 aromatic heterocycles. The summed E-state index contributed by atoms with van der Waals surface area (Å²) in [7, 11) is 1.38. The smallest absolute Gasteiger partial charge is 0.338 e. The third kappa shape index (κ3) is 6.44. The average molecular weight is 474 g/mol. The first-order valence-corrected chi connectivity index (χ1v) is 12.0. The molecule has 5 nitrogen and oxygen atoms in total. The van der Waals surface area contributed by atoms with Crippen LogP contribution < -0.4 is 4.52 Å². The second kappa shape index (κ2) is 10.6. The van der Waals surface area contributed by atoms with E-state index in [0.29, 0.717) is 25.0 Å². The number of methoxy groups -OCH3 is 1. The first-order chi connectivity index (χ1) is 12.1. The molecule has 2 aromatic carbocycles. The Kier molecular flexibility index (Phi) is 8.41. The van der Waals surface area contributed by atoms with Crippen LogP contribution in [0.25, 0.3) is 10.8 Å². The van der Waals surface area contributed by atoms with Gasteiger partial charge in [0.2, 0.25) is 0 Å². The first kappa shape index (κ1) is 19.9. The van der Waals surface area contributed by atoms with Gasteiger partial charge in [-0.15, -0.1) is 0 Å². The van der Waals surface area contributed by atoms with Gasteiger partial charge in [-0.2, -0.15) is 0 Å². The van der Waals surface area contributed by atoms with Crippen LogP contribution in [0.2, 0.25) is 0 Å². The number of carbonyl (C=O) groups is 2. The van der Waals surface area contributed by atoms with Crippen LogP contribution in [0.1, 0.15) is 36.0 Å². The second-order valence-corrected chi connectivity index (χ2v) is 7.11. The molecule has 0 N–H and O–H groups in total. The minimum atomic E-state index is -0.330. The Balaban J connectivity index is 1.83. The van der Waals surface area contributed by atoms with Gasteiger partial charge in [-0.25, -0.2) is 4.79 Å². The average Bonchev–Trinajstić information content (AvgIpc) is 2.63. The maximum Gasteiger partial charge on any atom is 0.338 e. The molecule has 2 aromatic rings. The van der Waals surface area contributed by atoms with E-state index in [4.69, 9.17) is 9.26 Å². The van der Waals surface area contributed by atoms with Crippen molar-refractivity contribution in [2.45, 2.75) is 25.7 Å². The molecule has 7 heteroatoms. The molecule has 0 amide bonds. The zero-order valence-corrected chi connectivity index (χ0v) is 17.1. The van der Waals surface area contributed by atoms with Gasteiger partial charge in [0, 0.05) is 6.42 Å². The van der Waals surface area contributed by atoms with Gasteiger partial charge in [-0.3, -0.25) is 4.79 Å². The molecular formula is C18H20IO5P. The fourth-order valence-electron chi connectivity index (χ4n) is 2.36. The number of rotatable bonds is 9. The van der Waals surface area contributed by atoms with Crippen molar-refractivity contribution in [1.29, 1.82) is 0 Å². The highest BCUT2D eigenvalue weighted by Crippen LogP contribution is 2.29. The lowest BCUT2D eigenvalue weighted by Crippen LogP contribution is -2.06. The fourth-order valence-corrected chi connectivity index (χ4v) is 3.34. The molecular weight excluding hydrogens is 454 g/mol. The summed E-state index contributed by atoms with van der Waals surface area (Å²) in [4.78, 5) is 23.1. The molecule has 0 bridgehead atoms. The van der Waals surface area contributed by atoms with E-state index < -0.39 is 0 Å². The highest BCUT2D eigenvalue weighted by atomic mass is 127. The molecule has 0 saturated carbocycles. The van der Waals surface area contributed by atoms with Crippen LogP contribution >= 0.6 is 28.5 Å². The molecule has 1 unspecified atom stereocenters. The number of hydrogen-bond acceptors (Lipinski definition) is 5. The Morgan fingerprint density at radius 3 is 2.56 bits per heavy atom. The summed E-state index contributed by atoms with van der Waals surface area (Å²) < 4.78 is 15.4. The Labute approximate surface area is 161 Å². The van der Waals surface area contributed by atoms with Crippen molar-refractivity contribution in [3.05, 3.63) is 42.0 Å². The van der Waals surface area contributed by atoms with Crippen LogP contribution in [0.3, 0.4) is 0 Å². The van der Waals surface area contributed by atoms with Crippen molar-refractivity contribution in [1.82, 2.24) is 0 Å². The third-order valence-electron chi connectivity index (χ3n) is 3.69. The Bertz CT molecular complexity index is 734. The van der Waals surface area contributed by atoms with Gasteiger partial charge in [0.25, 0.3) is 0 Å². The summed E-state index contributed by atoms with van der Waals surface area (Å²) in [5, 5.41) is 1.99. The molecule has 1 atom stereocenters. The van der Waals surface area contributed by atoms with Crippen molar-refractivity contribution in [2.24, 2.45) is 0 Å². The van der Waals surface area contributed by atoms with Gasteiger partial charge in [0.05, 0.1) is 19.3 Å². The highest BCUT2D eigenvalue weighted by molar-refractivity contribution is 14.2. The van der Waals surface area contributed by atoms with E-state index in [9.17, 15) is 9.59 Å². The van der Waals surface area contributed by atoms with Crippen LogP contribution in [-0.2, 0) is 14.3 Å². The van der Waals surface area contributed by atoms with Crippen molar-refractivity contribution in [3.8, 4) is 5.75 Å². The zero-order chi connectivity index (χ0) is 18.1. The SMILES string of the molecule is COC(=O)CCCCCOC(=O)c1ccc2cc(OPI)ccc2c1. The molecule has 25 heavy (non-hydrogen) atoms. The van der Waals surface area contributed by atoms with E-state index in [0.717, 1.165) is 35.8 Å². The number of halogens is 1. The lowest BCUT2D eigenvalue weighted by atomic mass is 10.1. The van der Waals surface area contributed by atoms with Gasteiger partial charge >= 0.3 is 11.9 Å². The summed E-state index contributed by atoms with van der Waals surface area (Å²) in [5.41, 5.74) is 0.534. The molecule has 0 aliphatic carbocycles. The van der Waals surface area contributed by atoms with Gasteiger partial charge < -0.3 is 14.0 Å². The van der Waals surface area contributed by atoms with Crippen LogP contribution in [0.5, 0.6) is 5.75 Å². The van der Waals surface area contributed by atoms with E-state index in [1.807, 2.05) is 30.3 Å². The largest absolute Gasteiger partial charge is 0.469 e. The van der Waals surface area contributed by atoms with Crippen LogP contribution in [0.4, 0.5) is 0 Å². The number of carbonyl (C=O) groups excluding carboxylic acids is 2.